The molecule has 0 spiro atoms. The zero-order valence-corrected chi connectivity index (χ0v) is 19.6. The number of amides is 2. The van der Waals surface area contributed by atoms with Gasteiger partial charge in [0.25, 0.3) is 15.9 Å². The van der Waals surface area contributed by atoms with E-state index in [1.807, 2.05) is 0 Å². The van der Waals surface area contributed by atoms with Gasteiger partial charge in [0.2, 0.25) is 0 Å². The minimum absolute atomic E-state index is 0.0583. The number of fused-ring (bicyclic) bond motifs is 3. The van der Waals surface area contributed by atoms with Gasteiger partial charge in [0, 0.05) is 30.6 Å². The van der Waals surface area contributed by atoms with Crippen molar-refractivity contribution in [3.8, 4) is 0 Å². The Labute approximate surface area is 195 Å². The summed E-state index contributed by atoms with van der Waals surface area (Å²) >= 11 is 1.18. The second-order valence-corrected chi connectivity index (χ2v) is 10.5. The van der Waals surface area contributed by atoms with E-state index in [9.17, 15) is 22.8 Å². The molecule has 1 saturated heterocycles. The minimum atomic E-state index is -3.46. The molecule has 3 aliphatic rings. The van der Waals surface area contributed by atoms with Crippen LogP contribution in [0, 0.1) is 0 Å². The maximum Gasteiger partial charge on any atom is 0.409 e. The summed E-state index contributed by atoms with van der Waals surface area (Å²) in [7, 11) is -3.46. The van der Waals surface area contributed by atoms with Gasteiger partial charge in [-0.05, 0) is 49.7 Å². The van der Waals surface area contributed by atoms with Crippen molar-refractivity contribution in [2.45, 2.75) is 30.7 Å². The van der Waals surface area contributed by atoms with Gasteiger partial charge in [-0.2, -0.15) is 0 Å². The predicted octanol–water partition coefficient (Wildman–Crippen LogP) is 1.19. The first kappa shape index (κ1) is 23.4. The summed E-state index contributed by atoms with van der Waals surface area (Å²) in [6, 6.07) is 4.81. The number of piperidine rings is 1. The summed E-state index contributed by atoms with van der Waals surface area (Å²) in [5.41, 5.74) is 1.05. The first-order valence-electron chi connectivity index (χ1n) is 10.6. The molecule has 3 aliphatic heterocycles. The van der Waals surface area contributed by atoms with E-state index in [-0.39, 0.29) is 23.5 Å². The number of nitrogens with zero attached hydrogens (tertiary/aromatic N) is 3. The molecule has 0 aromatic heterocycles. The number of ether oxygens (including phenoxy) is 2. The number of amidine groups is 1. The largest absolute Gasteiger partial charge is 0.452 e. The smallest absolute Gasteiger partial charge is 0.409 e. The number of thioether (sulfide) groups is 1. The number of rotatable bonds is 5. The molecule has 1 aromatic carbocycles. The number of likely N-dealkylation sites (tertiary alicyclic amines) is 1. The topological polar surface area (TPSA) is 135 Å². The van der Waals surface area contributed by atoms with Crippen molar-refractivity contribution in [2.75, 3.05) is 43.5 Å². The Morgan fingerprint density at radius 3 is 2.67 bits per heavy atom. The van der Waals surface area contributed by atoms with Gasteiger partial charge in [-0.15, -0.1) is 4.40 Å². The number of hydrogen-bond acceptors (Lipinski definition) is 9. The molecule has 13 heteroatoms. The van der Waals surface area contributed by atoms with Crippen LogP contribution in [0.4, 0.5) is 10.5 Å². The lowest BCUT2D eigenvalue weighted by Gasteiger charge is -2.31. The lowest BCUT2D eigenvalue weighted by atomic mass is 10.1. The highest BCUT2D eigenvalue weighted by Crippen LogP contribution is 2.42. The van der Waals surface area contributed by atoms with E-state index in [1.165, 1.54) is 11.8 Å². The molecule has 2 amide bonds. The van der Waals surface area contributed by atoms with E-state index in [0.29, 0.717) is 49.1 Å². The molecule has 1 fully saturated rings. The average molecular weight is 497 g/mol. The molecule has 0 unspecified atom stereocenters. The Kier molecular flexibility index (Phi) is 6.79. The van der Waals surface area contributed by atoms with E-state index in [2.05, 4.69) is 9.71 Å². The quantitative estimate of drug-likeness (QED) is 0.597. The summed E-state index contributed by atoms with van der Waals surface area (Å²) in [6.07, 6.45) is 0.835. The van der Waals surface area contributed by atoms with E-state index in [0.717, 1.165) is 5.69 Å². The highest BCUT2D eigenvalue weighted by molar-refractivity contribution is 8.15. The summed E-state index contributed by atoms with van der Waals surface area (Å²) < 4.78 is 37.3. The van der Waals surface area contributed by atoms with Crippen LogP contribution >= 0.6 is 11.8 Å². The van der Waals surface area contributed by atoms with Gasteiger partial charge < -0.3 is 24.6 Å². The number of hydrogen-bond donors (Lipinski definition) is 1. The molecule has 0 aliphatic carbocycles. The molecule has 0 radical (unpaired) electrons. The van der Waals surface area contributed by atoms with Gasteiger partial charge in [-0.3, -0.25) is 4.79 Å². The molecule has 33 heavy (non-hydrogen) atoms. The van der Waals surface area contributed by atoms with Crippen molar-refractivity contribution in [3.63, 3.8) is 0 Å². The summed E-state index contributed by atoms with van der Waals surface area (Å²) in [4.78, 5) is 40.5. The van der Waals surface area contributed by atoms with Crippen LogP contribution in [0.25, 0.3) is 0 Å². The van der Waals surface area contributed by atoms with Gasteiger partial charge in [-0.25, -0.2) is 18.0 Å². The predicted molar refractivity (Wildman–Crippen MR) is 121 cm³/mol. The Morgan fingerprint density at radius 1 is 1.18 bits per heavy atom. The van der Waals surface area contributed by atoms with Crippen LogP contribution in [0.15, 0.2) is 27.5 Å². The van der Waals surface area contributed by atoms with E-state index >= 15 is 0 Å². The first-order chi connectivity index (χ1) is 15.8. The third-order valence-corrected chi connectivity index (χ3v) is 7.74. The van der Waals surface area contributed by atoms with Gasteiger partial charge >= 0.3 is 12.1 Å². The van der Waals surface area contributed by atoms with E-state index in [4.69, 9.17) is 9.47 Å². The van der Waals surface area contributed by atoms with E-state index < -0.39 is 28.5 Å². The Bertz CT molecular complexity index is 1100. The molecule has 0 saturated carbocycles. The van der Waals surface area contributed by atoms with Crippen LogP contribution in [0.1, 0.15) is 30.1 Å². The lowest BCUT2D eigenvalue weighted by Crippen LogP contribution is -2.47. The molecular formula is C20H24N4O7S2. The summed E-state index contributed by atoms with van der Waals surface area (Å²) in [6.45, 7) is 2.93. The van der Waals surface area contributed by atoms with Gasteiger partial charge in [0.1, 0.15) is 0 Å². The molecule has 3 heterocycles. The fraction of sp³-hybridized carbons (Fsp3) is 0.500. The van der Waals surface area contributed by atoms with Crippen LogP contribution in [0.2, 0.25) is 0 Å². The highest BCUT2D eigenvalue weighted by Gasteiger charge is 2.33. The van der Waals surface area contributed by atoms with Gasteiger partial charge in [-0.1, -0.05) is 0 Å². The van der Waals surface area contributed by atoms with Crippen molar-refractivity contribution in [2.24, 2.45) is 4.40 Å². The molecule has 1 N–H and O–H groups in total. The van der Waals surface area contributed by atoms with Crippen LogP contribution in [-0.2, 0) is 24.3 Å². The number of anilines is 1. The Balaban J connectivity index is 1.27. The second-order valence-electron chi connectivity index (χ2n) is 7.70. The number of carbonyl (C=O) groups excluding carboxylic acids is 3. The monoisotopic (exact) mass is 496 g/mol. The maximum absolute atomic E-state index is 12.4. The molecule has 0 bridgehead atoms. The molecule has 1 aromatic rings. The summed E-state index contributed by atoms with van der Waals surface area (Å²) in [5, 5.41) is 3.19. The Hall–Kier alpha value is -2.80. The maximum atomic E-state index is 12.4. The fourth-order valence-corrected chi connectivity index (χ4v) is 6.06. The summed E-state index contributed by atoms with van der Waals surface area (Å²) in [5.74, 6) is -1.12. The molecule has 11 nitrogen and oxygen atoms in total. The first-order valence-corrected chi connectivity index (χ1v) is 13.0. The van der Waals surface area contributed by atoms with Crippen molar-refractivity contribution in [1.82, 2.24) is 10.2 Å². The standard InChI is InChI=1S/C20H24N4O7S2/c1-2-30-20(27)23-7-5-14(6-8-23)21-17(25)12-31-18(26)13-3-4-15-16(11-13)32-19-22-33(28,29)10-9-24(15)19/h3-4,11,14H,2,5-10,12H2,1H3,(H,21,25). The lowest BCUT2D eigenvalue weighted by molar-refractivity contribution is -0.125. The van der Waals surface area contributed by atoms with Crippen molar-refractivity contribution in [1.29, 1.82) is 0 Å². The van der Waals surface area contributed by atoms with E-state index in [1.54, 1.807) is 34.9 Å². The number of benzene rings is 1. The number of nitrogens with one attached hydrogen (secondary N) is 1. The number of carbonyl (C=O) groups is 3. The highest BCUT2D eigenvalue weighted by atomic mass is 32.2. The van der Waals surface area contributed by atoms with Crippen molar-refractivity contribution < 1.29 is 32.3 Å². The zero-order chi connectivity index (χ0) is 23.6. The second kappa shape index (κ2) is 9.59. The number of sulfonamides is 1. The third-order valence-electron chi connectivity index (χ3n) is 5.43. The van der Waals surface area contributed by atoms with Gasteiger partial charge in [0.05, 0.1) is 23.6 Å². The SMILES string of the molecule is CCOC(=O)N1CCC(NC(=O)COC(=O)c2ccc3c(c2)SC2=NS(=O)(=O)CCN23)CC1. The molecular weight excluding hydrogens is 472 g/mol. The molecule has 0 atom stereocenters. The minimum Gasteiger partial charge on any atom is -0.452 e. The zero-order valence-electron chi connectivity index (χ0n) is 18.0. The van der Waals surface area contributed by atoms with Crippen LogP contribution in [0.3, 0.4) is 0 Å². The average Bonchev–Trinajstić information content (AvgIpc) is 3.13. The molecule has 4 rings (SSSR count). The van der Waals surface area contributed by atoms with Crippen LogP contribution in [-0.4, -0.2) is 81.1 Å². The van der Waals surface area contributed by atoms with Crippen molar-refractivity contribution in [3.05, 3.63) is 23.8 Å². The fourth-order valence-electron chi connectivity index (χ4n) is 3.76. The molecule has 178 valence electrons. The van der Waals surface area contributed by atoms with Crippen LogP contribution < -0.4 is 10.2 Å². The van der Waals surface area contributed by atoms with Gasteiger partial charge in [0.15, 0.2) is 11.8 Å². The normalized spacial score (nSPS) is 19.2. The van der Waals surface area contributed by atoms with Crippen molar-refractivity contribution >= 4 is 50.6 Å². The third kappa shape index (κ3) is 5.41. The Morgan fingerprint density at radius 2 is 1.94 bits per heavy atom. The number of esters is 1. The van der Waals surface area contributed by atoms with Crippen LogP contribution in [0.5, 0.6) is 0 Å².